The fraction of sp³-hybridized carbons (Fsp3) is 0.700. The molecule has 1 atom stereocenters. The van der Waals surface area contributed by atoms with Crippen LogP contribution >= 0.6 is 0 Å². The van der Waals surface area contributed by atoms with Crippen molar-refractivity contribution in [2.75, 3.05) is 6.61 Å². The number of hydrogen-bond donors (Lipinski definition) is 1. The highest BCUT2D eigenvalue weighted by atomic mass is 28.3. The summed E-state index contributed by atoms with van der Waals surface area (Å²) in [6, 6.07) is 9.07. The van der Waals surface area contributed by atoms with Crippen LogP contribution in [0, 0.1) is 0 Å². The van der Waals surface area contributed by atoms with Crippen LogP contribution in [0.3, 0.4) is 0 Å². The molecule has 0 radical (unpaired) electrons. The summed E-state index contributed by atoms with van der Waals surface area (Å²) in [6.45, 7) is 5.57. The third-order valence-electron chi connectivity index (χ3n) is 4.45. The molecule has 0 aliphatic carbocycles. The van der Waals surface area contributed by atoms with Crippen molar-refractivity contribution in [1.82, 2.24) is 0 Å². The zero-order chi connectivity index (χ0) is 16.8. The van der Waals surface area contributed by atoms with Crippen LogP contribution in [0.1, 0.15) is 70.3 Å². The minimum absolute atomic E-state index is 0.452. The number of phenolic OH excluding ortho intramolecular Hbond substituents is 1. The topological polar surface area (TPSA) is 29.5 Å². The maximum Gasteiger partial charge on any atom is 0.173 e. The van der Waals surface area contributed by atoms with Crippen molar-refractivity contribution in [2.45, 2.75) is 83.7 Å². The Hall–Kier alpha value is -0.803. The molecule has 3 heteroatoms. The molecular formula is C20H36O2Si. The van der Waals surface area contributed by atoms with Gasteiger partial charge in [0.25, 0.3) is 0 Å². The average molecular weight is 337 g/mol. The lowest BCUT2D eigenvalue weighted by Crippen LogP contribution is -2.18. The molecule has 2 nitrogen and oxygen atoms in total. The molecule has 0 aromatic heterocycles. The fourth-order valence-electron chi connectivity index (χ4n) is 2.90. The highest BCUT2D eigenvalue weighted by Gasteiger charge is 2.08. The largest absolute Gasteiger partial charge is 0.508 e. The van der Waals surface area contributed by atoms with Crippen LogP contribution in [0.15, 0.2) is 24.3 Å². The van der Waals surface area contributed by atoms with Crippen molar-refractivity contribution < 1.29 is 9.53 Å². The van der Waals surface area contributed by atoms with E-state index in [0.29, 0.717) is 5.75 Å². The first kappa shape index (κ1) is 20.2. The molecule has 0 spiro atoms. The van der Waals surface area contributed by atoms with Gasteiger partial charge in [0.15, 0.2) is 9.04 Å². The van der Waals surface area contributed by atoms with Gasteiger partial charge in [0.2, 0.25) is 0 Å². The number of hydrogen-bond acceptors (Lipinski definition) is 2. The van der Waals surface area contributed by atoms with E-state index in [1.807, 2.05) is 18.2 Å². The molecule has 132 valence electrons. The van der Waals surface area contributed by atoms with Crippen LogP contribution in [0.25, 0.3) is 0 Å². The van der Waals surface area contributed by atoms with Gasteiger partial charge in [-0.3, -0.25) is 0 Å². The zero-order valence-electron chi connectivity index (χ0n) is 15.2. The Morgan fingerprint density at radius 2 is 1.70 bits per heavy atom. The first-order valence-electron chi connectivity index (χ1n) is 9.62. The number of unbranched alkanes of at least 4 members (excludes halogenated alkanes) is 6. The molecule has 0 amide bonds. The van der Waals surface area contributed by atoms with Crippen molar-refractivity contribution >= 4 is 9.04 Å². The molecule has 1 heterocycles. The molecule has 1 aromatic rings. The molecule has 23 heavy (non-hydrogen) atoms. The van der Waals surface area contributed by atoms with Crippen LogP contribution in [-0.2, 0) is 10.8 Å². The predicted octanol–water partition coefficient (Wildman–Crippen LogP) is 5.84. The van der Waals surface area contributed by atoms with Crippen molar-refractivity contribution in [2.24, 2.45) is 0 Å². The Labute approximate surface area is 145 Å². The molecule has 2 rings (SSSR count). The second-order valence-electron chi connectivity index (χ2n) is 6.68. The predicted molar refractivity (Wildman–Crippen MR) is 103 cm³/mol. The molecule has 1 N–H and O–H groups in total. The Bertz CT molecular complexity index is 389. The van der Waals surface area contributed by atoms with Crippen molar-refractivity contribution in [3.63, 3.8) is 0 Å². The third-order valence-corrected chi connectivity index (χ3v) is 6.47. The number of benzene rings is 1. The van der Waals surface area contributed by atoms with E-state index in [2.05, 4.69) is 13.5 Å². The lowest BCUT2D eigenvalue weighted by Gasteiger charge is -2.16. The molecule has 1 aliphatic heterocycles. The normalized spacial score (nSPS) is 17.4. The molecule has 0 bridgehead atoms. The van der Waals surface area contributed by atoms with Gasteiger partial charge in [-0.2, -0.15) is 0 Å². The van der Waals surface area contributed by atoms with Gasteiger partial charge in [-0.15, -0.1) is 0 Å². The van der Waals surface area contributed by atoms with Crippen LogP contribution in [-0.4, -0.2) is 20.8 Å². The Balaban J connectivity index is 0.000000313. The summed E-state index contributed by atoms with van der Waals surface area (Å²) >= 11 is 0. The van der Waals surface area contributed by atoms with Gasteiger partial charge >= 0.3 is 0 Å². The van der Waals surface area contributed by atoms with E-state index in [1.54, 1.807) is 6.07 Å². The van der Waals surface area contributed by atoms with Crippen LogP contribution in [0.5, 0.6) is 5.75 Å². The average Bonchev–Trinajstić information content (AvgIpc) is 2.57. The van der Waals surface area contributed by atoms with Crippen LogP contribution in [0.2, 0.25) is 12.6 Å². The minimum Gasteiger partial charge on any atom is -0.508 e. The Morgan fingerprint density at radius 3 is 2.26 bits per heavy atom. The summed E-state index contributed by atoms with van der Waals surface area (Å²) in [4.78, 5) is 0. The molecule has 1 unspecified atom stereocenters. The summed E-state index contributed by atoms with van der Waals surface area (Å²) < 4.78 is 5.42. The van der Waals surface area contributed by atoms with Crippen molar-refractivity contribution in [1.29, 1.82) is 0 Å². The second kappa shape index (κ2) is 13.6. The lowest BCUT2D eigenvalue weighted by atomic mass is 10.0. The summed E-state index contributed by atoms with van der Waals surface area (Å²) in [5, 5.41) is 9.58. The van der Waals surface area contributed by atoms with Gasteiger partial charge < -0.3 is 9.53 Å². The lowest BCUT2D eigenvalue weighted by molar-refractivity contribution is 0.291. The number of aromatic hydroxyl groups is 1. The van der Waals surface area contributed by atoms with Crippen LogP contribution < -0.4 is 0 Å². The number of phenols is 1. The van der Waals surface area contributed by atoms with E-state index in [9.17, 15) is 5.11 Å². The van der Waals surface area contributed by atoms with Crippen molar-refractivity contribution in [3.05, 3.63) is 29.8 Å². The maximum atomic E-state index is 9.58. The first-order valence-corrected chi connectivity index (χ1v) is 12.1. The van der Waals surface area contributed by atoms with Gasteiger partial charge in [-0.1, -0.05) is 70.1 Å². The number of aryl methyl sites for hydroxylation is 1. The highest BCUT2D eigenvalue weighted by molar-refractivity contribution is 6.50. The van der Waals surface area contributed by atoms with Gasteiger partial charge in [-0.25, -0.2) is 0 Å². The molecule has 1 saturated heterocycles. The van der Waals surface area contributed by atoms with Gasteiger partial charge in [0.05, 0.1) is 0 Å². The minimum atomic E-state index is -0.595. The SMILES string of the molecule is CCCCCCCCCc1ccccc1O.C[SiH]1CCCCO1. The maximum absolute atomic E-state index is 9.58. The quantitative estimate of drug-likeness (QED) is 0.477. The molecular weight excluding hydrogens is 300 g/mol. The monoisotopic (exact) mass is 336 g/mol. The highest BCUT2D eigenvalue weighted by Crippen LogP contribution is 2.18. The van der Waals surface area contributed by atoms with E-state index >= 15 is 0 Å². The van der Waals surface area contributed by atoms with Crippen molar-refractivity contribution in [3.8, 4) is 5.75 Å². The second-order valence-corrected chi connectivity index (χ2v) is 9.21. The zero-order valence-corrected chi connectivity index (χ0v) is 16.4. The summed E-state index contributed by atoms with van der Waals surface area (Å²) in [6.07, 6.45) is 13.0. The fourth-order valence-corrected chi connectivity index (χ4v) is 4.50. The van der Waals surface area contributed by atoms with Gasteiger partial charge in [-0.05, 0) is 43.5 Å². The Kier molecular flexibility index (Phi) is 12.0. The number of rotatable bonds is 8. The third kappa shape index (κ3) is 10.6. The standard InChI is InChI=1S/C15H24O.C5H12OSi/c1-2-3-4-5-6-7-8-11-14-12-9-10-13-15(14)16;1-7-5-3-2-4-6-7/h9-10,12-13,16H,2-8,11H2,1H3;7H,2-5H2,1H3. The van der Waals surface area contributed by atoms with E-state index < -0.39 is 9.04 Å². The molecule has 0 saturated carbocycles. The first-order chi connectivity index (χ1) is 11.2. The molecule has 1 fully saturated rings. The molecule has 1 aliphatic rings. The number of para-hydroxylation sites is 1. The van der Waals surface area contributed by atoms with Gasteiger partial charge in [0, 0.05) is 6.61 Å². The summed E-state index contributed by atoms with van der Waals surface area (Å²) in [5.74, 6) is 0.452. The molecule has 1 aromatic carbocycles. The van der Waals surface area contributed by atoms with E-state index in [4.69, 9.17) is 4.43 Å². The van der Waals surface area contributed by atoms with E-state index in [1.165, 1.54) is 63.8 Å². The Morgan fingerprint density at radius 1 is 1.00 bits per heavy atom. The van der Waals surface area contributed by atoms with E-state index in [0.717, 1.165) is 18.6 Å². The summed E-state index contributed by atoms with van der Waals surface area (Å²) in [5.41, 5.74) is 1.09. The van der Waals surface area contributed by atoms with E-state index in [-0.39, 0.29) is 0 Å². The summed E-state index contributed by atoms with van der Waals surface area (Å²) in [7, 11) is -0.595. The van der Waals surface area contributed by atoms with Crippen LogP contribution in [0.4, 0.5) is 0 Å². The smallest absolute Gasteiger partial charge is 0.173 e. The van der Waals surface area contributed by atoms with Gasteiger partial charge in [0.1, 0.15) is 5.75 Å².